The molecule has 0 bridgehead atoms. The van der Waals surface area contributed by atoms with Gasteiger partial charge in [0.2, 0.25) is 0 Å². The smallest absolute Gasteiger partial charge is 0.128 e. The molecular weight excluding hydrogens is 250 g/mol. The number of hydrogen-bond donors (Lipinski definition) is 2. The maximum Gasteiger partial charge on any atom is 0.128 e. The molecule has 0 spiro atoms. The number of benzene rings is 1. The van der Waals surface area contributed by atoms with Gasteiger partial charge in [-0.15, -0.1) is 0 Å². The summed E-state index contributed by atoms with van der Waals surface area (Å²) < 4.78 is 5.49. The van der Waals surface area contributed by atoms with Crippen LogP contribution in [0.3, 0.4) is 0 Å². The van der Waals surface area contributed by atoms with Crippen molar-refractivity contribution >= 4 is 0 Å². The number of hydrogen-bond acceptors (Lipinski definition) is 3. The Morgan fingerprint density at radius 3 is 2.70 bits per heavy atom. The Morgan fingerprint density at radius 2 is 2.10 bits per heavy atom. The van der Waals surface area contributed by atoms with Crippen LogP contribution in [0.5, 0.6) is 5.75 Å². The Bertz CT molecular complexity index is 587. The summed E-state index contributed by atoms with van der Waals surface area (Å²) in [6.07, 6.45) is 0.812. The van der Waals surface area contributed by atoms with E-state index in [4.69, 9.17) is 10.5 Å². The second kappa shape index (κ2) is 6.09. The van der Waals surface area contributed by atoms with E-state index < -0.39 is 0 Å². The average Bonchev–Trinajstić information content (AvgIpc) is 2.80. The summed E-state index contributed by atoms with van der Waals surface area (Å²) in [6, 6.07) is 6.29. The number of aromatic amines is 1. The summed E-state index contributed by atoms with van der Waals surface area (Å²) >= 11 is 0. The maximum atomic E-state index is 5.71. The Labute approximate surface area is 120 Å². The van der Waals surface area contributed by atoms with E-state index in [0.717, 1.165) is 29.1 Å². The minimum absolute atomic E-state index is 0.470. The van der Waals surface area contributed by atoms with E-state index in [1.165, 1.54) is 11.1 Å². The van der Waals surface area contributed by atoms with Gasteiger partial charge in [0.1, 0.15) is 5.75 Å². The standard InChI is InChI=1S/C16H23N3O/c1-10(2)12-5-6-15(20-4)14(9-12)16-13(7-8-17)11(3)18-19-16/h5-6,9-10H,7-8,17H2,1-4H3,(H,18,19). The van der Waals surface area contributed by atoms with E-state index in [-0.39, 0.29) is 0 Å². The lowest BCUT2D eigenvalue weighted by atomic mass is 9.96. The molecule has 0 amide bonds. The van der Waals surface area contributed by atoms with Crippen LogP contribution in [-0.4, -0.2) is 23.9 Å². The van der Waals surface area contributed by atoms with Gasteiger partial charge in [0.05, 0.1) is 12.8 Å². The van der Waals surface area contributed by atoms with Gasteiger partial charge in [-0.3, -0.25) is 5.10 Å². The molecule has 4 nitrogen and oxygen atoms in total. The van der Waals surface area contributed by atoms with Gasteiger partial charge in [0.25, 0.3) is 0 Å². The predicted octanol–water partition coefficient (Wildman–Crippen LogP) is 3.02. The van der Waals surface area contributed by atoms with Crippen molar-refractivity contribution in [3.05, 3.63) is 35.0 Å². The molecule has 0 atom stereocenters. The predicted molar refractivity (Wildman–Crippen MR) is 82.2 cm³/mol. The lowest BCUT2D eigenvalue weighted by Gasteiger charge is -2.12. The van der Waals surface area contributed by atoms with Gasteiger partial charge in [0.15, 0.2) is 0 Å². The molecule has 108 valence electrons. The van der Waals surface area contributed by atoms with Gasteiger partial charge in [0, 0.05) is 16.8 Å². The van der Waals surface area contributed by atoms with Crippen molar-refractivity contribution in [2.75, 3.05) is 13.7 Å². The maximum absolute atomic E-state index is 5.71. The minimum Gasteiger partial charge on any atom is -0.496 e. The highest BCUT2D eigenvalue weighted by Gasteiger charge is 2.16. The molecular formula is C16H23N3O. The second-order valence-corrected chi connectivity index (χ2v) is 5.33. The van der Waals surface area contributed by atoms with E-state index in [1.807, 2.05) is 13.0 Å². The molecule has 0 fully saturated rings. The molecule has 20 heavy (non-hydrogen) atoms. The zero-order valence-electron chi connectivity index (χ0n) is 12.7. The first kappa shape index (κ1) is 14.6. The highest BCUT2D eigenvalue weighted by atomic mass is 16.5. The fourth-order valence-corrected chi connectivity index (χ4v) is 2.40. The van der Waals surface area contributed by atoms with E-state index in [1.54, 1.807) is 7.11 Å². The minimum atomic E-state index is 0.470. The number of ether oxygens (including phenoxy) is 1. The number of methoxy groups -OCH3 is 1. The molecule has 2 aromatic rings. The number of nitrogens with two attached hydrogens (primary N) is 1. The summed E-state index contributed by atoms with van der Waals surface area (Å²) in [7, 11) is 1.69. The van der Waals surface area contributed by atoms with Crippen LogP contribution in [0.4, 0.5) is 0 Å². The molecule has 0 aliphatic rings. The fourth-order valence-electron chi connectivity index (χ4n) is 2.40. The third kappa shape index (κ3) is 2.70. The highest BCUT2D eigenvalue weighted by molar-refractivity contribution is 5.71. The Balaban J connectivity index is 2.58. The molecule has 0 aliphatic heterocycles. The molecule has 1 aromatic heterocycles. The Hall–Kier alpha value is -1.81. The van der Waals surface area contributed by atoms with Crippen molar-refractivity contribution in [3.8, 4) is 17.0 Å². The van der Waals surface area contributed by atoms with Gasteiger partial charge in [-0.2, -0.15) is 5.10 Å². The summed E-state index contributed by atoms with van der Waals surface area (Å²) in [4.78, 5) is 0. The van der Waals surface area contributed by atoms with Gasteiger partial charge in [-0.1, -0.05) is 19.9 Å². The van der Waals surface area contributed by atoms with Crippen LogP contribution in [0.1, 0.15) is 36.6 Å². The van der Waals surface area contributed by atoms with Crippen LogP contribution in [0, 0.1) is 6.92 Å². The summed E-state index contributed by atoms with van der Waals surface area (Å²) in [6.45, 7) is 7.00. The first-order valence-electron chi connectivity index (χ1n) is 7.00. The normalized spacial score (nSPS) is 11.1. The van der Waals surface area contributed by atoms with E-state index in [2.05, 4.69) is 36.2 Å². The number of H-pyrrole nitrogens is 1. The van der Waals surface area contributed by atoms with Crippen molar-refractivity contribution in [2.24, 2.45) is 5.73 Å². The van der Waals surface area contributed by atoms with Crippen molar-refractivity contribution in [2.45, 2.75) is 33.1 Å². The van der Waals surface area contributed by atoms with Crippen molar-refractivity contribution in [3.63, 3.8) is 0 Å². The molecule has 0 saturated heterocycles. The fraction of sp³-hybridized carbons (Fsp3) is 0.438. The zero-order valence-corrected chi connectivity index (χ0v) is 12.7. The lowest BCUT2D eigenvalue weighted by molar-refractivity contribution is 0.416. The van der Waals surface area contributed by atoms with Crippen LogP contribution in [0.2, 0.25) is 0 Å². The zero-order chi connectivity index (χ0) is 14.7. The van der Waals surface area contributed by atoms with E-state index in [0.29, 0.717) is 12.5 Å². The van der Waals surface area contributed by atoms with Crippen LogP contribution in [0.25, 0.3) is 11.3 Å². The molecule has 3 N–H and O–H groups in total. The second-order valence-electron chi connectivity index (χ2n) is 5.33. The van der Waals surface area contributed by atoms with E-state index >= 15 is 0 Å². The topological polar surface area (TPSA) is 63.9 Å². The highest BCUT2D eigenvalue weighted by Crippen LogP contribution is 2.34. The quantitative estimate of drug-likeness (QED) is 0.880. The summed E-state index contributed by atoms with van der Waals surface area (Å²) in [5.41, 5.74) is 11.2. The average molecular weight is 273 g/mol. The van der Waals surface area contributed by atoms with Crippen molar-refractivity contribution < 1.29 is 4.74 Å². The van der Waals surface area contributed by atoms with Crippen LogP contribution in [-0.2, 0) is 6.42 Å². The number of nitrogens with one attached hydrogen (secondary N) is 1. The van der Waals surface area contributed by atoms with Crippen molar-refractivity contribution in [1.29, 1.82) is 0 Å². The third-order valence-corrected chi connectivity index (χ3v) is 3.61. The number of aromatic nitrogens is 2. The van der Waals surface area contributed by atoms with E-state index in [9.17, 15) is 0 Å². The lowest BCUT2D eigenvalue weighted by Crippen LogP contribution is -2.04. The molecule has 0 radical (unpaired) electrons. The largest absolute Gasteiger partial charge is 0.496 e. The van der Waals surface area contributed by atoms with Crippen LogP contribution < -0.4 is 10.5 Å². The Morgan fingerprint density at radius 1 is 1.35 bits per heavy atom. The molecule has 4 heteroatoms. The van der Waals surface area contributed by atoms with Crippen molar-refractivity contribution in [1.82, 2.24) is 10.2 Å². The Kier molecular flexibility index (Phi) is 4.45. The third-order valence-electron chi connectivity index (χ3n) is 3.61. The first-order chi connectivity index (χ1) is 9.58. The first-order valence-corrected chi connectivity index (χ1v) is 7.00. The summed E-state index contributed by atoms with van der Waals surface area (Å²) in [5, 5.41) is 7.51. The molecule has 1 heterocycles. The van der Waals surface area contributed by atoms with Gasteiger partial charge < -0.3 is 10.5 Å². The molecule has 0 saturated carbocycles. The number of aryl methyl sites for hydroxylation is 1. The molecule has 1 aromatic carbocycles. The van der Waals surface area contributed by atoms with Gasteiger partial charge in [-0.05, 0) is 43.5 Å². The number of nitrogens with zero attached hydrogens (tertiary/aromatic N) is 1. The number of rotatable bonds is 5. The van der Waals surface area contributed by atoms with Gasteiger partial charge in [-0.25, -0.2) is 0 Å². The molecule has 0 unspecified atom stereocenters. The van der Waals surface area contributed by atoms with Gasteiger partial charge >= 0.3 is 0 Å². The van der Waals surface area contributed by atoms with Crippen LogP contribution in [0.15, 0.2) is 18.2 Å². The SMILES string of the molecule is COc1ccc(C(C)C)cc1-c1n[nH]c(C)c1CCN. The molecule has 0 aliphatic carbocycles. The molecule has 2 rings (SSSR count). The van der Waals surface area contributed by atoms with Crippen LogP contribution >= 0.6 is 0 Å². The summed E-state index contributed by atoms with van der Waals surface area (Å²) in [5.74, 6) is 1.32. The monoisotopic (exact) mass is 273 g/mol.